The minimum Gasteiger partial charge on any atom is -0.481 e. The van der Waals surface area contributed by atoms with Gasteiger partial charge >= 0.3 is 0 Å². The quantitative estimate of drug-likeness (QED) is 0.763. The molecule has 0 unspecified atom stereocenters. The van der Waals surface area contributed by atoms with Crippen LogP contribution in [0.3, 0.4) is 0 Å². The van der Waals surface area contributed by atoms with Crippen LogP contribution in [0.25, 0.3) is 0 Å². The molecule has 2 N–H and O–H groups in total. The van der Waals surface area contributed by atoms with Crippen molar-refractivity contribution < 1.29 is 9.13 Å². The van der Waals surface area contributed by atoms with Crippen LogP contribution in [-0.4, -0.2) is 13.2 Å². The fourth-order valence-electron chi connectivity index (χ4n) is 1.21. The Kier molecular flexibility index (Phi) is 4.65. The first-order valence-electron chi connectivity index (χ1n) is 4.78. The molecule has 0 saturated carbocycles. The molecule has 0 aliphatic carbocycles. The van der Waals surface area contributed by atoms with E-state index in [1.54, 1.807) is 13.0 Å². The van der Waals surface area contributed by atoms with Crippen molar-refractivity contribution in [3.8, 4) is 17.6 Å². The second kappa shape index (κ2) is 6.05. The molecule has 0 fully saturated rings. The highest BCUT2D eigenvalue weighted by atomic mass is 19.1. The van der Waals surface area contributed by atoms with Crippen molar-refractivity contribution in [1.82, 2.24) is 0 Å². The van der Waals surface area contributed by atoms with Crippen LogP contribution in [0.15, 0.2) is 18.2 Å². The number of nitrogens with two attached hydrogens (primary N) is 1. The topological polar surface area (TPSA) is 35.2 Å². The highest BCUT2D eigenvalue weighted by molar-refractivity contribution is 5.30. The van der Waals surface area contributed by atoms with Crippen molar-refractivity contribution in [2.45, 2.75) is 13.3 Å². The normalized spacial score (nSPS) is 9.27. The molecule has 2 nitrogen and oxygen atoms in total. The van der Waals surface area contributed by atoms with E-state index in [1.165, 1.54) is 12.1 Å². The first kappa shape index (κ1) is 11.5. The van der Waals surface area contributed by atoms with Gasteiger partial charge in [0.1, 0.15) is 18.2 Å². The molecule has 0 aliphatic heterocycles. The molecule has 0 heterocycles. The number of hydrogen-bond donors (Lipinski definition) is 1. The molecule has 0 spiro atoms. The van der Waals surface area contributed by atoms with Gasteiger partial charge in [-0.25, -0.2) is 4.39 Å². The Morgan fingerprint density at radius 3 is 2.87 bits per heavy atom. The van der Waals surface area contributed by atoms with Crippen LogP contribution in [0.4, 0.5) is 4.39 Å². The maximum atomic E-state index is 13.1. The van der Waals surface area contributed by atoms with E-state index < -0.39 is 0 Å². The zero-order chi connectivity index (χ0) is 11.1. The summed E-state index contributed by atoms with van der Waals surface area (Å²) in [5.41, 5.74) is 6.24. The summed E-state index contributed by atoms with van der Waals surface area (Å²) in [5, 5.41) is 0. The second-order valence-electron chi connectivity index (χ2n) is 3.05. The highest BCUT2D eigenvalue weighted by Gasteiger charge is 2.00. The third-order valence-corrected chi connectivity index (χ3v) is 1.85. The molecule has 0 saturated heterocycles. The summed E-state index contributed by atoms with van der Waals surface area (Å²) in [7, 11) is 0. The lowest BCUT2D eigenvalue weighted by Gasteiger charge is -2.05. The van der Waals surface area contributed by atoms with Crippen molar-refractivity contribution in [2.24, 2.45) is 5.73 Å². The Labute approximate surface area is 89.2 Å². The van der Waals surface area contributed by atoms with Gasteiger partial charge in [0.15, 0.2) is 0 Å². The van der Waals surface area contributed by atoms with Crippen molar-refractivity contribution in [3.05, 3.63) is 29.6 Å². The molecule has 0 bridgehead atoms. The third kappa shape index (κ3) is 4.01. The summed E-state index contributed by atoms with van der Waals surface area (Å²) in [6, 6.07) is 4.59. The lowest BCUT2D eigenvalue weighted by atomic mass is 10.1. The van der Waals surface area contributed by atoms with Gasteiger partial charge in [-0.15, -0.1) is 5.92 Å². The molecule has 3 heteroatoms. The SMILES string of the molecule is CC#CCOc1cc(F)cc(CCN)c1. The average molecular weight is 207 g/mol. The Morgan fingerprint density at radius 2 is 2.20 bits per heavy atom. The lowest BCUT2D eigenvalue weighted by molar-refractivity contribution is 0.367. The zero-order valence-corrected chi connectivity index (χ0v) is 8.72. The molecule has 0 aromatic heterocycles. The predicted molar refractivity (Wildman–Crippen MR) is 58.1 cm³/mol. The van der Waals surface area contributed by atoms with Crippen molar-refractivity contribution in [2.75, 3.05) is 13.2 Å². The smallest absolute Gasteiger partial charge is 0.149 e. The standard InChI is InChI=1S/C12H14FNO/c1-2-3-6-15-12-8-10(4-5-14)7-11(13)9-12/h7-9H,4-6,14H2,1H3. The summed E-state index contributed by atoms with van der Waals surface area (Å²) < 4.78 is 18.4. The molecule has 1 aromatic rings. The van der Waals surface area contributed by atoms with E-state index >= 15 is 0 Å². The minimum absolute atomic E-state index is 0.280. The maximum absolute atomic E-state index is 13.1. The minimum atomic E-state index is -0.305. The maximum Gasteiger partial charge on any atom is 0.149 e. The van der Waals surface area contributed by atoms with E-state index in [-0.39, 0.29) is 12.4 Å². The predicted octanol–water partition coefficient (Wildman–Crippen LogP) is 1.73. The summed E-state index contributed by atoms with van der Waals surface area (Å²) >= 11 is 0. The number of hydrogen-bond acceptors (Lipinski definition) is 2. The molecule has 1 aromatic carbocycles. The number of benzene rings is 1. The van der Waals surface area contributed by atoms with Crippen molar-refractivity contribution >= 4 is 0 Å². The molecular weight excluding hydrogens is 193 g/mol. The first-order chi connectivity index (χ1) is 7.26. The van der Waals surface area contributed by atoms with Crippen LogP contribution >= 0.6 is 0 Å². The molecule has 15 heavy (non-hydrogen) atoms. The van der Waals surface area contributed by atoms with Crippen LogP contribution in [0, 0.1) is 17.7 Å². The first-order valence-corrected chi connectivity index (χ1v) is 4.78. The summed E-state index contributed by atoms with van der Waals surface area (Å²) in [5.74, 6) is 5.65. The van der Waals surface area contributed by atoms with Gasteiger partial charge in [-0.1, -0.05) is 5.92 Å². The van der Waals surface area contributed by atoms with Crippen LogP contribution in [-0.2, 0) is 6.42 Å². The Hall–Kier alpha value is -1.53. The Morgan fingerprint density at radius 1 is 1.40 bits per heavy atom. The van der Waals surface area contributed by atoms with E-state index in [1.807, 2.05) is 0 Å². The Bertz CT molecular complexity index is 379. The average Bonchev–Trinajstić information content (AvgIpc) is 2.18. The number of halogens is 1. The monoisotopic (exact) mass is 207 g/mol. The zero-order valence-electron chi connectivity index (χ0n) is 8.72. The van der Waals surface area contributed by atoms with Gasteiger partial charge in [0.05, 0.1) is 0 Å². The molecular formula is C12H14FNO. The van der Waals surface area contributed by atoms with Gasteiger partial charge in [0, 0.05) is 6.07 Å². The van der Waals surface area contributed by atoms with Gasteiger partial charge in [-0.3, -0.25) is 0 Å². The second-order valence-corrected chi connectivity index (χ2v) is 3.05. The molecule has 80 valence electrons. The van der Waals surface area contributed by atoms with Crippen LogP contribution in [0.5, 0.6) is 5.75 Å². The fraction of sp³-hybridized carbons (Fsp3) is 0.333. The Balaban J connectivity index is 2.72. The van der Waals surface area contributed by atoms with E-state index in [2.05, 4.69) is 11.8 Å². The number of rotatable bonds is 4. The third-order valence-electron chi connectivity index (χ3n) is 1.85. The van der Waals surface area contributed by atoms with Gasteiger partial charge in [-0.2, -0.15) is 0 Å². The van der Waals surface area contributed by atoms with Crippen LogP contribution < -0.4 is 10.5 Å². The van der Waals surface area contributed by atoms with E-state index in [0.29, 0.717) is 18.7 Å². The van der Waals surface area contributed by atoms with Gasteiger partial charge in [0.25, 0.3) is 0 Å². The van der Waals surface area contributed by atoms with Crippen LogP contribution in [0.1, 0.15) is 12.5 Å². The van der Waals surface area contributed by atoms with Crippen LogP contribution in [0.2, 0.25) is 0 Å². The van der Waals surface area contributed by atoms with Gasteiger partial charge < -0.3 is 10.5 Å². The van der Waals surface area contributed by atoms with E-state index in [0.717, 1.165) is 5.56 Å². The summed E-state index contributed by atoms with van der Waals surface area (Å²) in [6.07, 6.45) is 0.646. The summed E-state index contributed by atoms with van der Waals surface area (Å²) in [4.78, 5) is 0. The summed E-state index contributed by atoms with van der Waals surface area (Å²) in [6.45, 7) is 2.51. The molecule has 0 radical (unpaired) electrons. The van der Waals surface area contributed by atoms with E-state index in [9.17, 15) is 4.39 Å². The molecule has 1 rings (SSSR count). The fourth-order valence-corrected chi connectivity index (χ4v) is 1.21. The largest absolute Gasteiger partial charge is 0.481 e. The van der Waals surface area contributed by atoms with Crippen molar-refractivity contribution in [1.29, 1.82) is 0 Å². The molecule has 0 atom stereocenters. The lowest BCUT2D eigenvalue weighted by Crippen LogP contribution is -2.03. The van der Waals surface area contributed by atoms with E-state index in [4.69, 9.17) is 10.5 Å². The highest BCUT2D eigenvalue weighted by Crippen LogP contribution is 2.16. The molecule has 0 amide bonds. The number of ether oxygens (including phenoxy) is 1. The van der Waals surface area contributed by atoms with Gasteiger partial charge in [0.2, 0.25) is 0 Å². The van der Waals surface area contributed by atoms with Crippen molar-refractivity contribution in [3.63, 3.8) is 0 Å². The van der Waals surface area contributed by atoms with Gasteiger partial charge in [-0.05, 0) is 37.6 Å². The molecule has 0 aliphatic rings.